The Hall–Kier alpha value is -2.50. The van der Waals surface area contributed by atoms with Gasteiger partial charge in [0, 0.05) is 18.2 Å². The summed E-state index contributed by atoms with van der Waals surface area (Å²) < 4.78 is 6.72. The van der Waals surface area contributed by atoms with E-state index in [0.29, 0.717) is 17.9 Å². The lowest BCUT2D eigenvalue weighted by Gasteiger charge is -1.99. The Balaban J connectivity index is 2.24. The lowest BCUT2D eigenvalue weighted by molar-refractivity contribution is 0.513. The number of nitrogens with zero attached hydrogens (tertiary/aromatic N) is 2. The summed E-state index contributed by atoms with van der Waals surface area (Å²) in [5, 5.41) is 6.72. The molecule has 0 aliphatic heterocycles. The number of aromatic nitrogens is 3. The van der Waals surface area contributed by atoms with Gasteiger partial charge in [-0.2, -0.15) is 5.10 Å². The normalized spacial score (nSPS) is 11.2. The van der Waals surface area contributed by atoms with Gasteiger partial charge >= 0.3 is 5.76 Å². The third kappa shape index (κ3) is 1.50. The molecule has 0 unspecified atom stereocenters. The fourth-order valence-corrected chi connectivity index (χ4v) is 2.01. The van der Waals surface area contributed by atoms with Crippen LogP contribution < -0.4 is 11.5 Å². The Morgan fingerprint density at radius 3 is 2.94 bits per heavy atom. The van der Waals surface area contributed by atoms with Crippen LogP contribution in [0.4, 0.5) is 5.82 Å². The minimum absolute atomic E-state index is 0.339. The Labute approximate surface area is 102 Å². The highest BCUT2D eigenvalue weighted by Gasteiger charge is 2.10. The molecule has 2 heterocycles. The number of anilines is 1. The molecule has 0 saturated carbocycles. The molecule has 0 aliphatic carbocycles. The second-order valence-electron chi connectivity index (χ2n) is 4.00. The minimum Gasteiger partial charge on any atom is -0.408 e. The smallest absolute Gasteiger partial charge is 0.408 e. The maximum absolute atomic E-state index is 11.6. The number of hydrogen-bond acceptors (Lipinski definition) is 4. The van der Waals surface area contributed by atoms with Crippen molar-refractivity contribution in [3.63, 3.8) is 0 Å². The SMILES string of the molecule is CCn1c(=O)oc2ccc(-c3cc(N)n[nH]3)cc21. The van der Waals surface area contributed by atoms with Crippen LogP contribution >= 0.6 is 0 Å². The van der Waals surface area contributed by atoms with Gasteiger partial charge in [-0.3, -0.25) is 9.67 Å². The second kappa shape index (κ2) is 3.76. The molecule has 0 atom stereocenters. The van der Waals surface area contributed by atoms with Gasteiger partial charge in [0.05, 0.1) is 11.2 Å². The Kier molecular flexibility index (Phi) is 2.22. The number of fused-ring (bicyclic) bond motifs is 1. The van der Waals surface area contributed by atoms with Crippen molar-refractivity contribution >= 4 is 16.9 Å². The zero-order valence-electron chi connectivity index (χ0n) is 9.80. The van der Waals surface area contributed by atoms with Gasteiger partial charge in [-0.25, -0.2) is 4.79 Å². The van der Waals surface area contributed by atoms with Crippen LogP contribution in [0.2, 0.25) is 0 Å². The van der Waals surface area contributed by atoms with E-state index in [9.17, 15) is 4.79 Å². The number of hydrogen-bond donors (Lipinski definition) is 2. The number of oxazole rings is 1. The number of aromatic amines is 1. The van der Waals surface area contributed by atoms with Crippen molar-refractivity contribution in [2.24, 2.45) is 0 Å². The van der Waals surface area contributed by atoms with E-state index in [1.807, 2.05) is 19.1 Å². The lowest BCUT2D eigenvalue weighted by atomic mass is 10.1. The van der Waals surface area contributed by atoms with Crippen LogP contribution in [-0.2, 0) is 6.54 Å². The van der Waals surface area contributed by atoms with Crippen molar-refractivity contribution < 1.29 is 4.42 Å². The van der Waals surface area contributed by atoms with E-state index >= 15 is 0 Å². The maximum Gasteiger partial charge on any atom is 0.419 e. The highest BCUT2D eigenvalue weighted by Crippen LogP contribution is 2.23. The molecular weight excluding hydrogens is 232 g/mol. The molecule has 0 aliphatic rings. The number of H-pyrrole nitrogens is 1. The van der Waals surface area contributed by atoms with Crippen molar-refractivity contribution in [1.82, 2.24) is 14.8 Å². The van der Waals surface area contributed by atoms with Gasteiger partial charge < -0.3 is 10.2 Å². The van der Waals surface area contributed by atoms with E-state index in [4.69, 9.17) is 10.2 Å². The summed E-state index contributed by atoms with van der Waals surface area (Å²) in [4.78, 5) is 11.6. The molecule has 0 spiro atoms. The highest BCUT2D eigenvalue weighted by molar-refractivity contribution is 5.80. The first-order valence-electron chi connectivity index (χ1n) is 5.63. The standard InChI is InChI=1S/C12H12N4O2/c1-2-16-9-5-7(8-6-11(13)15-14-8)3-4-10(9)18-12(16)17/h3-6H,2H2,1H3,(H3,13,14,15). The predicted molar refractivity (Wildman–Crippen MR) is 68.1 cm³/mol. The number of aryl methyl sites for hydroxylation is 1. The van der Waals surface area contributed by atoms with Crippen molar-refractivity contribution in [3.8, 4) is 11.3 Å². The van der Waals surface area contributed by atoms with Gasteiger partial charge in [0.25, 0.3) is 0 Å². The molecule has 0 amide bonds. The quantitative estimate of drug-likeness (QED) is 0.716. The van der Waals surface area contributed by atoms with Crippen LogP contribution in [0.5, 0.6) is 0 Å². The molecular formula is C12H12N4O2. The first kappa shape index (κ1) is 10.6. The average molecular weight is 244 g/mol. The van der Waals surface area contributed by atoms with Crippen LogP contribution in [0, 0.1) is 0 Å². The van der Waals surface area contributed by atoms with E-state index in [0.717, 1.165) is 16.8 Å². The first-order valence-corrected chi connectivity index (χ1v) is 5.63. The Bertz CT molecular complexity index is 766. The van der Waals surface area contributed by atoms with Gasteiger partial charge in [-0.05, 0) is 25.1 Å². The number of rotatable bonds is 2. The van der Waals surface area contributed by atoms with Gasteiger partial charge in [-0.15, -0.1) is 0 Å². The van der Waals surface area contributed by atoms with Crippen molar-refractivity contribution in [1.29, 1.82) is 0 Å². The molecule has 0 bridgehead atoms. The molecule has 6 nitrogen and oxygen atoms in total. The minimum atomic E-state index is -0.339. The van der Waals surface area contributed by atoms with Crippen LogP contribution in [0.1, 0.15) is 6.92 Å². The van der Waals surface area contributed by atoms with E-state index in [2.05, 4.69) is 10.2 Å². The van der Waals surface area contributed by atoms with Gasteiger partial charge in [0.1, 0.15) is 5.82 Å². The van der Waals surface area contributed by atoms with Crippen molar-refractivity contribution in [2.75, 3.05) is 5.73 Å². The molecule has 0 radical (unpaired) electrons. The number of nitrogens with one attached hydrogen (secondary N) is 1. The average Bonchev–Trinajstić information content (AvgIpc) is 2.91. The molecule has 3 aromatic rings. The van der Waals surface area contributed by atoms with Crippen LogP contribution in [0.3, 0.4) is 0 Å². The third-order valence-electron chi connectivity index (χ3n) is 2.89. The summed E-state index contributed by atoms with van der Waals surface area (Å²) in [6.45, 7) is 2.47. The van der Waals surface area contributed by atoms with Gasteiger partial charge in [-0.1, -0.05) is 0 Å². The highest BCUT2D eigenvalue weighted by atomic mass is 16.4. The first-order chi connectivity index (χ1) is 8.69. The molecule has 6 heteroatoms. The molecule has 0 saturated heterocycles. The summed E-state index contributed by atoms with van der Waals surface area (Å²) in [5.74, 6) is 0.0962. The summed E-state index contributed by atoms with van der Waals surface area (Å²) >= 11 is 0. The molecule has 2 aromatic heterocycles. The molecule has 3 N–H and O–H groups in total. The zero-order chi connectivity index (χ0) is 12.7. The summed E-state index contributed by atoms with van der Waals surface area (Å²) in [7, 11) is 0. The fraction of sp³-hybridized carbons (Fsp3) is 0.167. The van der Waals surface area contributed by atoms with E-state index in [-0.39, 0.29) is 5.76 Å². The van der Waals surface area contributed by atoms with Crippen LogP contribution in [0.15, 0.2) is 33.5 Å². The topological polar surface area (TPSA) is 89.8 Å². The summed E-state index contributed by atoms with van der Waals surface area (Å²) in [5.41, 5.74) is 8.65. The summed E-state index contributed by atoms with van der Waals surface area (Å²) in [6.07, 6.45) is 0. The van der Waals surface area contributed by atoms with Crippen molar-refractivity contribution in [2.45, 2.75) is 13.5 Å². The number of nitrogen functional groups attached to an aromatic ring is 1. The van der Waals surface area contributed by atoms with Crippen LogP contribution in [-0.4, -0.2) is 14.8 Å². The van der Waals surface area contributed by atoms with E-state index < -0.39 is 0 Å². The van der Waals surface area contributed by atoms with Crippen molar-refractivity contribution in [3.05, 3.63) is 34.8 Å². The molecule has 3 rings (SSSR count). The second-order valence-corrected chi connectivity index (χ2v) is 4.00. The van der Waals surface area contributed by atoms with E-state index in [1.54, 1.807) is 16.7 Å². The maximum atomic E-state index is 11.6. The zero-order valence-corrected chi connectivity index (χ0v) is 9.80. The Morgan fingerprint density at radius 2 is 2.28 bits per heavy atom. The van der Waals surface area contributed by atoms with Gasteiger partial charge in [0.2, 0.25) is 0 Å². The lowest BCUT2D eigenvalue weighted by Crippen LogP contribution is -2.11. The Morgan fingerprint density at radius 1 is 1.44 bits per heavy atom. The predicted octanol–water partition coefficient (Wildman–Crippen LogP) is 1.59. The molecule has 92 valence electrons. The number of nitrogens with two attached hydrogens (primary N) is 1. The van der Waals surface area contributed by atoms with Crippen LogP contribution in [0.25, 0.3) is 22.4 Å². The number of benzene rings is 1. The largest absolute Gasteiger partial charge is 0.419 e. The molecule has 1 aromatic carbocycles. The van der Waals surface area contributed by atoms with E-state index in [1.165, 1.54) is 0 Å². The summed E-state index contributed by atoms with van der Waals surface area (Å²) in [6, 6.07) is 7.26. The fourth-order valence-electron chi connectivity index (χ4n) is 2.01. The third-order valence-corrected chi connectivity index (χ3v) is 2.89. The molecule has 0 fully saturated rings. The monoisotopic (exact) mass is 244 g/mol. The van der Waals surface area contributed by atoms with Gasteiger partial charge in [0.15, 0.2) is 5.58 Å². The molecule has 18 heavy (non-hydrogen) atoms.